The van der Waals surface area contributed by atoms with Crippen LogP contribution in [0.5, 0.6) is 0 Å². The molecule has 1 unspecified atom stereocenters. The molecule has 74 valence electrons. The summed E-state index contributed by atoms with van der Waals surface area (Å²) in [6.07, 6.45) is 1.01. The van der Waals surface area contributed by atoms with E-state index in [1.807, 2.05) is 0 Å². The molecule has 1 aliphatic rings. The number of hydrogen-bond donors (Lipinski definition) is 0. The normalized spacial score (nSPS) is 21.3. The van der Waals surface area contributed by atoms with Crippen LogP contribution in [-0.2, 0) is 14.3 Å². The summed E-state index contributed by atoms with van der Waals surface area (Å²) in [6.45, 7) is 1.67. The van der Waals surface area contributed by atoms with Crippen molar-refractivity contribution in [2.24, 2.45) is 0 Å². The van der Waals surface area contributed by atoms with Gasteiger partial charge in [-0.1, -0.05) is 0 Å². The zero-order valence-corrected chi connectivity index (χ0v) is 7.94. The van der Waals surface area contributed by atoms with E-state index in [0.29, 0.717) is 17.1 Å². The molecule has 1 aliphatic heterocycles. The first-order valence-electron chi connectivity index (χ1n) is 4.23. The van der Waals surface area contributed by atoms with Gasteiger partial charge in [0.1, 0.15) is 0 Å². The van der Waals surface area contributed by atoms with Gasteiger partial charge in [-0.05, 0) is 19.1 Å². The van der Waals surface area contributed by atoms with Gasteiger partial charge in [0.25, 0.3) is 0 Å². The third kappa shape index (κ3) is 1.19. The molecule has 1 atom stereocenters. The van der Waals surface area contributed by atoms with E-state index >= 15 is 0 Å². The van der Waals surface area contributed by atoms with Crippen LogP contribution in [0, 0.1) is 0 Å². The van der Waals surface area contributed by atoms with E-state index in [-0.39, 0.29) is 5.97 Å². The average molecular weight is 194 g/mol. The number of methoxy groups -OCH3 is 1. The highest BCUT2D eigenvalue weighted by molar-refractivity contribution is 5.91. The monoisotopic (exact) mass is 194 g/mol. The highest BCUT2D eigenvalue weighted by Gasteiger charge is 2.35. The summed E-state index contributed by atoms with van der Waals surface area (Å²) >= 11 is 0. The first-order chi connectivity index (χ1) is 6.74. The fourth-order valence-electron chi connectivity index (χ4n) is 1.43. The minimum atomic E-state index is -0.525. The van der Waals surface area contributed by atoms with Crippen molar-refractivity contribution in [2.75, 3.05) is 7.11 Å². The lowest BCUT2D eigenvalue weighted by Gasteiger charge is -2.09. The second-order valence-corrected chi connectivity index (χ2v) is 2.99. The molecule has 0 N–H and O–H groups in total. The third-order valence-electron chi connectivity index (χ3n) is 2.16. The van der Waals surface area contributed by atoms with Crippen LogP contribution in [0.4, 0.5) is 0 Å². The van der Waals surface area contributed by atoms with Crippen LogP contribution in [0.2, 0.25) is 0 Å². The number of hydrogen-bond acceptors (Lipinski definition) is 4. The summed E-state index contributed by atoms with van der Waals surface area (Å²) in [5, 5.41) is 0. The van der Waals surface area contributed by atoms with Gasteiger partial charge in [0.15, 0.2) is 11.5 Å². The van der Waals surface area contributed by atoms with Gasteiger partial charge < -0.3 is 13.9 Å². The van der Waals surface area contributed by atoms with Gasteiger partial charge in [-0.3, -0.25) is 0 Å². The molecule has 1 aromatic rings. The van der Waals surface area contributed by atoms with Crippen LogP contribution in [0.25, 0.3) is 0 Å². The number of carbonyl (C=O) groups is 1. The molecule has 0 aromatic carbocycles. The van der Waals surface area contributed by atoms with E-state index in [9.17, 15) is 4.79 Å². The summed E-state index contributed by atoms with van der Waals surface area (Å²) in [7, 11) is 1.51. The molecule has 1 aromatic heterocycles. The highest BCUT2D eigenvalue weighted by atomic mass is 16.6. The molecule has 0 fully saturated rings. The molecule has 4 nitrogen and oxygen atoms in total. The first kappa shape index (κ1) is 8.87. The topological polar surface area (TPSA) is 48.7 Å². The van der Waals surface area contributed by atoms with Crippen molar-refractivity contribution in [3.05, 3.63) is 35.5 Å². The van der Waals surface area contributed by atoms with Gasteiger partial charge in [0, 0.05) is 0 Å². The predicted molar refractivity (Wildman–Crippen MR) is 47.3 cm³/mol. The number of ether oxygens (including phenoxy) is 2. The van der Waals surface area contributed by atoms with E-state index in [1.165, 1.54) is 13.4 Å². The van der Waals surface area contributed by atoms with Crippen molar-refractivity contribution in [1.82, 2.24) is 0 Å². The smallest absolute Gasteiger partial charge is 0.338 e. The third-order valence-corrected chi connectivity index (χ3v) is 2.16. The SMILES string of the molecule is COC1=C(C)C(=O)OC1c1ccco1. The molecule has 0 amide bonds. The van der Waals surface area contributed by atoms with Gasteiger partial charge in [-0.2, -0.15) is 0 Å². The molecule has 0 bridgehead atoms. The number of furan rings is 1. The van der Waals surface area contributed by atoms with Crippen LogP contribution in [0.3, 0.4) is 0 Å². The summed E-state index contributed by atoms with van der Waals surface area (Å²) in [5.74, 6) is 0.736. The quantitative estimate of drug-likeness (QED) is 0.673. The van der Waals surface area contributed by atoms with Crippen LogP contribution >= 0.6 is 0 Å². The average Bonchev–Trinajstić information content (AvgIpc) is 2.76. The van der Waals surface area contributed by atoms with Crippen molar-refractivity contribution in [3.8, 4) is 0 Å². The maximum absolute atomic E-state index is 11.2. The van der Waals surface area contributed by atoms with Crippen LogP contribution in [0.1, 0.15) is 18.8 Å². The molecule has 2 rings (SSSR count). The largest absolute Gasteiger partial charge is 0.496 e. The van der Waals surface area contributed by atoms with Crippen molar-refractivity contribution in [2.45, 2.75) is 13.0 Å². The van der Waals surface area contributed by atoms with E-state index in [0.717, 1.165) is 0 Å². The fraction of sp³-hybridized carbons (Fsp3) is 0.300. The van der Waals surface area contributed by atoms with Crippen molar-refractivity contribution in [3.63, 3.8) is 0 Å². The molecule has 0 saturated carbocycles. The second kappa shape index (κ2) is 3.21. The fourth-order valence-corrected chi connectivity index (χ4v) is 1.43. The molecule has 0 radical (unpaired) electrons. The first-order valence-corrected chi connectivity index (χ1v) is 4.23. The number of rotatable bonds is 2. The van der Waals surface area contributed by atoms with Gasteiger partial charge in [0.2, 0.25) is 6.10 Å². The zero-order valence-electron chi connectivity index (χ0n) is 7.94. The molecule has 0 aliphatic carbocycles. The minimum Gasteiger partial charge on any atom is -0.496 e. The van der Waals surface area contributed by atoms with Gasteiger partial charge in [0.05, 0.1) is 18.9 Å². The lowest BCUT2D eigenvalue weighted by Crippen LogP contribution is -2.02. The van der Waals surface area contributed by atoms with Crippen LogP contribution in [0.15, 0.2) is 34.1 Å². The Hall–Kier alpha value is -1.71. The van der Waals surface area contributed by atoms with Crippen molar-refractivity contribution >= 4 is 5.97 Å². The molecule has 2 heterocycles. The molecular weight excluding hydrogens is 184 g/mol. The van der Waals surface area contributed by atoms with Crippen LogP contribution < -0.4 is 0 Å². The Labute approximate surface area is 81.1 Å². The van der Waals surface area contributed by atoms with E-state index < -0.39 is 6.10 Å². The standard InChI is InChI=1S/C10H10O4/c1-6-8(12-2)9(14-10(6)11)7-4-3-5-13-7/h3-5,9H,1-2H3. The number of carbonyl (C=O) groups excluding carboxylic acids is 1. The number of esters is 1. The van der Waals surface area contributed by atoms with Gasteiger partial charge in [-0.15, -0.1) is 0 Å². The van der Waals surface area contributed by atoms with Crippen molar-refractivity contribution in [1.29, 1.82) is 0 Å². The maximum atomic E-state index is 11.2. The maximum Gasteiger partial charge on any atom is 0.338 e. The Balaban J connectivity index is 2.36. The van der Waals surface area contributed by atoms with Crippen LogP contribution in [-0.4, -0.2) is 13.1 Å². The summed E-state index contributed by atoms with van der Waals surface area (Å²) in [5.41, 5.74) is 0.494. The van der Waals surface area contributed by atoms with Gasteiger partial charge >= 0.3 is 5.97 Å². The number of cyclic esters (lactones) is 1. The van der Waals surface area contributed by atoms with E-state index in [4.69, 9.17) is 13.9 Å². The summed E-state index contributed by atoms with van der Waals surface area (Å²) in [4.78, 5) is 11.2. The Kier molecular flexibility index (Phi) is 2.04. The lowest BCUT2D eigenvalue weighted by molar-refractivity contribution is -0.141. The molecule has 0 saturated heterocycles. The Bertz CT molecular complexity index is 375. The predicted octanol–water partition coefficient (Wildman–Crippen LogP) is 1.80. The molecule has 4 heteroatoms. The minimum absolute atomic E-state index is 0.358. The van der Waals surface area contributed by atoms with Crippen molar-refractivity contribution < 1.29 is 18.7 Å². The zero-order chi connectivity index (χ0) is 10.1. The Morgan fingerprint density at radius 1 is 1.50 bits per heavy atom. The summed E-state index contributed by atoms with van der Waals surface area (Å²) < 4.78 is 15.3. The summed E-state index contributed by atoms with van der Waals surface area (Å²) in [6, 6.07) is 3.49. The molecule has 0 spiro atoms. The second-order valence-electron chi connectivity index (χ2n) is 2.99. The van der Waals surface area contributed by atoms with E-state index in [1.54, 1.807) is 19.1 Å². The van der Waals surface area contributed by atoms with E-state index in [2.05, 4.69) is 0 Å². The molecular formula is C10H10O4. The Morgan fingerprint density at radius 2 is 2.29 bits per heavy atom. The van der Waals surface area contributed by atoms with Gasteiger partial charge in [-0.25, -0.2) is 4.79 Å². The highest BCUT2D eigenvalue weighted by Crippen LogP contribution is 2.35. The Morgan fingerprint density at radius 3 is 2.86 bits per heavy atom. The lowest BCUT2D eigenvalue weighted by atomic mass is 10.2. The molecule has 14 heavy (non-hydrogen) atoms.